The number of halogens is 2. The first kappa shape index (κ1) is 10.8. The van der Waals surface area contributed by atoms with E-state index in [-0.39, 0.29) is 5.82 Å². The summed E-state index contributed by atoms with van der Waals surface area (Å²) in [5, 5.41) is 0.496. The van der Waals surface area contributed by atoms with Gasteiger partial charge in [-0.3, -0.25) is 4.79 Å². The van der Waals surface area contributed by atoms with E-state index in [4.69, 9.17) is 11.6 Å². The molecule has 0 heterocycles. The molecule has 0 spiro atoms. The third-order valence-electron chi connectivity index (χ3n) is 2.31. The molecule has 1 nitrogen and oxygen atoms in total. The topological polar surface area (TPSA) is 17.1 Å². The van der Waals surface area contributed by atoms with E-state index >= 15 is 0 Å². The Morgan fingerprint density at radius 1 is 1.06 bits per heavy atom. The molecular weight excluding hydrogens is 227 g/mol. The van der Waals surface area contributed by atoms with Gasteiger partial charge in [0.1, 0.15) is 5.82 Å². The average Bonchev–Trinajstić information content (AvgIpc) is 2.29. The Morgan fingerprint density at radius 2 is 1.81 bits per heavy atom. The molecule has 0 aliphatic rings. The van der Waals surface area contributed by atoms with Crippen molar-refractivity contribution in [3.8, 4) is 11.1 Å². The highest BCUT2D eigenvalue weighted by Gasteiger charge is 2.08. The van der Waals surface area contributed by atoms with Crippen molar-refractivity contribution in [2.75, 3.05) is 0 Å². The van der Waals surface area contributed by atoms with Crippen LogP contribution in [0.1, 0.15) is 10.4 Å². The molecule has 2 aromatic carbocycles. The highest BCUT2D eigenvalue weighted by atomic mass is 35.5. The van der Waals surface area contributed by atoms with Crippen molar-refractivity contribution in [2.24, 2.45) is 0 Å². The standard InChI is InChI=1S/C13H8ClFO/c14-13-4-2-1-3-11(13)12-7-10(15)6-5-9(12)8-16/h1-8H. The van der Waals surface area contributed by atoms with Crippen LogP contribution in [-0.4, -0.2) is 6.29 Å². The number of hydrogen-bond donors (Lipinski definition) is 0. The van der Waals surface area contributed by atoms with Crippen LogP contribution in [-0.2, 0) is 0 Å². The minimum Gasteiger partial charge on any atom is -0.298 e. The molecular formula is C13H8ClFO. The molecule has 0 bridgehead atoms. The van der Waals surface area contributed by atoms with Crippen molar-refractivity contribution in [1.29, 1.82) is 0 Å². The van der Waals surface area contributed by atoms with Gasteiger partial charge in [0.25, 0.3) is 0 Å². The third kappa shape index (κ3) is 1.97. The zero-order valence-electron chi connectivity index (χ0n) is 8.28. The van der Waals surface area contributed by atoms with Crippen LogP contribution in [0.3, 0.4) is 0 Å². The quantitative estimate of drug-likeness (QED) is 0.719. The summed E-state index contributed by atoms with van der Waals surface area (Å²) >= 11 is 6.00. The van der Waals surface area contributed by atoms with E-state index < -0.39 is 0 Å². The minimum atomic E-state index is -0.388. The van der Waals surface area contributed by atoms with Crippen LogP contribution in [0, 0.1) is 5.82 Å². The molecule has 0 aliphatic carbocycles. The Bertz CT molecular complexity index is 537. The maximum atomic E-state index is 13.1. The second-order valence-corrected chi connectivity index (χ2v) is 3.74. The van der Waals surface area contributed by atoms with Crippen molar-refractivity contribution < 1.29 is 9.18 Å². The number of hydrogen-bond acceptors (Lipinski definition) is 1. The lowest BCUT2D eigenvalue weighted by atomic mass is 10.0. The van der Waals surface area contributed by atoms with Gasteiger partial charge in [0.2, 0.25) is 0 Å². The molecule has 3 heteroatoms. The van der Waals surface area contributed by atoms with Crippen LogP contribution >= 0.6 is 11.6 Å². The smallest absolute Gasteiger partial charge is 0.150 e. The normalized spacial score (nSPS) is 10.1. The van der Waals surface area contributed by atoms with Crippen LogP contribution in [0.2, 0.25) is 5.02 Å². The van der Waals surface area contributed by atoms with E-state index in [1.54, 1.807) is 24.3 Å². The van der Waals surface area contributed by atoms with Gasteiger partial charge in [-0.2, -0.15) is 0 Å². The number of rotatable bonds is 2. The predicted molar refractivity (Wildman–Crippen MR) is 62.2 cm³/mol. The Balaban J connectivity index is 2.67. The third-order valence-corrected chi connectivity index (χ3v) is 2.64. The molecule has 0 fully saturated rings. The van der Waals surface area contributed by atoms with Gasteiger partial charge in [-0.1, -0.05) is 29.8 Å². The van der Waals surface area contributed by atoms with Gasteiger partial charge < -0.3 is 0 Å². The fourth-order valence-corrected chi connectivity index (χ4v) is 1.78. The summed E-state index contributed by atoms with van der Waals surface area (Å²) in [6.07, 6.45) is 0.693. The summed E-state index contributed by atoms with van der Waals surface area (Å²) < 4.78 is 13.1. The molecule has 16 heavy (non-hydrogen) atoms. The van der Waals surface area contributed by atoms with Crippen LogP contribution in [0.15, 0.2) is 42.5 Å². The number of benzene rings is 2. The Morgan fingerprint density at radius 3 is 2.50 bits per heavy atom. The number of carbonyl (C=O) groups excluding carboxylic acids is 1. The van der Waals surface area contributed by atoms with Gasteiger partial charge >= 0.3 is 0 Å². The number of aldehydes is 1. The summed E-state index contributed by atoms with van der Waals surface area (Å²) in [5.41, 5.74) is 1.60. The van der Waals surface area contributed by atoms with E-state index in [0.717, 1.165) is 0 Å². The molecule has 0 amide bonds. The summed E-state index contributed by atoms with van der Waals surface area (Å²) in [4.78, 5) is 10.9. The lowest BCUT2D eigenvalue weighted by Crippen LogP contribution is -1.89. The number of carbonyl (C=O) groups is 1. The van der Waals surface area contributed by atoms with Gasteiger partial charge in [-0.15, -0.1) is 0 Å². The van der Waals surface area contributed by atoms with Gasteiger partial charge in [0.05, 0.1) is 0 Å². The molecule has 0 aromatic heterocycles. The Kier molecular flexibility index (Phi) is 3.02. The molecule has 0 aliphatic heterocycles. The van der Waals surface area contributed by atoms with E-state index in [2.05, 4.69) is 0 Å². The first-order chi connectivity index (χ1) is 7.72. The predicted octanol–water partition coefficient (Wildman–Crippen LogP) is 3.96. The molecule has 0 saturated heterocycles. The van der Waals surface area contributed by atoms with E-state index in [1.807, 2.05) is 0 Å². The Labute approximate surface area is 97.5 Å². The van der Waals surface area contributed by atoms with Crippen molar-refractivity contribution in [3.63, 3.8) is 0 Å². The van der Waals surface area contributed by atoms with Gasteiger partial charge in [0, 0.05) is 16.1 Å². The van der Waals surface area contributed by atoms with Crippen molar-refractivity contribution >= 4 is 17.9 Å². The lowest BCUT2D eigenvalue weighted by molar-refractivity contribution is 0.112. The first-order valence-electron chi connectivity index (χ1n) is 4.72. The maximum Gasteiger partial charge on any atom is 0.150 e. The highest BCUT2D eigenvalue weighted by molar-refractivity contribution is 6.33. The summed E-state index contributed by atoms with van der Waals surface area (Å²) in [6.45, 7) is 0. The molecule has 2 rings (SSSR count). The molecule has 0 radical (unpaired) electrons. The van der Waals surface area contributed by atoms with Crippen LogP contribution in [0.5, 0.6) is 0 Å². The summed E-state index contributed by atoms with van der Waals surface area (Å²) in [5.74, 6) is -0.388. The van der Waals surface area contributed by atoms with Crippen LogP contribution in [0.4, 0.5) is 4.39 Å². The maximum absolute atomic E-state index is 13.1. The highest BCUT2D eigenvalue weighted by Crippen LogP contribution is 2.30. The van der Waals surface area contributed by atoms with Crippen molar-refractivity contribution in [3.05, 3.63) is 58.9 Å². The fraction of sp³-hybridized carbons (Fsp3) is 0. The van der Waals surface area contributed by atoms with E-state index in [1.165, 1.54) is 18.2 Å². The van der Waals surface area contributed by atoms with Gasteiger partial charge in [0.15, 0.2) is 6.29 Å². The largest absolute Gasteiger partial charge is 0.298 e. The molecule has 0 saturated carbocycles. The second kappa shape index (κ2) is 4.45. The van der Waals surface area contributed by atoms with Crippen LogP contribution < -0.4 is 0 Å². The van der Waals surface area contributed by atoms with E-state index in [0.29, 0.717) is 28.0 Å². The first-order valence-corrected chi connectivity index (χ1v) is 5.10. The molecule has 0 atom stereocenters. The lowest BCUT2D eigenvalue weighted by Gasteiger charge is -2.07. The zero-order valence-corrected chi connectivity index (χ0v) is 9.04. The van der Waals surface area contributed by atoms with Gasteiger partial charge in [-0.05, 0) is 29.8 Å². The monoisotopic (exact) mass is 234 g/mol. The van der Waals surface area contributed by atoms with Crippen molar-refractivity contribution in [2.45, 2.75) is 0 Å². The fourth-order valence-electron chi connectivity index (χ4n) is 1.54. The second-order valence-electron chi connectivity index (χ2n) is 3.33. The molecule has 0 unspecified atom stereocenters. The summed E-state index contributed by atoms with van der Waals surface area (Å²) in [7, 11) is 0. The SMILES string of the molecule is O=Cc1ccc(F)cc1-c1ccccc1Cl. The Hall–Kier alpha value is -1.67. The molecule has 2 aromatic rings. The van der Waals surface area contributed by atoms with Crippen LogP contribution in [0.25, 0.3) is 11.1 Å². The zero-order chi connectivity index (χ0) is 11.5. The summed E-state index contributed by atoms with van der Waals surface area (Å²) in [6, 6.07) is 11.0. The molecule has 0 N–H and O–H groups in total. The average molecular weight is 235 g/mol. The van der Waals surface area contributed by atoms with Crippen molar-refractivity contribution in [1.82, 2.24) is 0 Å². The molecule has 80 valence electrons. The van der Waals surface area contributed by atoms with Gasteiger partial charge in [-0.25, -0.2) is 4.39 Å². The minimum absolute atomic E-state index is 0.388. The van der Waals surface area contributed by atoms with E-state index in [9.17, 15) is 9.18 Å².